The second-order valence-corrected chi connectivity index (χ2v) is 10.2. The Morgan fingerprint density at radius 2 is 0.767 bits per heavy atom. The molecule has 0 amide bonds. The van der Waals surface area contributed by atoms with Crippen LogP contribution in [0.3, 0.4) is 0 Å². The summed E-state index contributed by atoms with van der Waals surface area (Å²) in [5.74, 6) is 0. The number of rotatable bonds is 2. The van der Waals surface area contributed by atoms with Crippen molar-refractivity contribution in [2.75, 3.05) is 13.2 Å². The Morgan fingerprint density at radius 1 is 0.500 bits per heavy atom. The van der Waals surface area contributed by atoms with Gasteiger partial charge in [0.2, 0.25) is 0 Å². The summed E-state index contributed by atoms with van der Waals surface area (Å²) in [6, 6.07) is 0. The van der Waals surface area contributed by atoms with Crippen LogP contribution in [0.4, 0.5) is 0 Å². The first-order chi connectivity index (χ1) is 13.6. The van der Waals surface area contributed by atoms with Crippen LogP contribution in [0.1, 0.15) is 41.5 Å². The van der Waals surface area contributed by atoms with E-state index in [4.69, 9.17) is 19.7 Å². The molecule has 2 fully saturated rings. The largest absolute Gasteiger partial charge is 0.394 e. The van der Waals surface area contributed by atoms with Gasteiger partial charge in [0.15, 0.2) is 0 Å². The molecule has 6 unspecified atom stereocenters. The van der Waals surface area contributed by atoms with Gasteiger partial charge < -0.3 is 50.3 Å². The molecular formula is C20H40O10. The standard InChI is InChI=1S/2C10H20O5/c2*1-10(2,3)9-8(14)7(13)6(12)5(4-11)15-9/h2*5-9,11-14H,4H2,1-3H3/t2*5?,6-,7?,8-,9?/m00/s1. The number of hydrogen-bond donors (Lipinski definition) is 8. The predicted octanol–water partition coefficient (Wildman–Crippen LogP) is -2.25. The molecule has 0 saturated carbocycles. The molecule has 2 rings (SSSR count). The molecule has 0 aromatic carbocycles. The zero-order valence-corrected chi connectivity index (χ0v) is 18.6. The summed E-state index contributed by atoms with van der Waals surface area (Å²) in [5.41, 5.74) is -0.734. The van der Waals surface area contributed by atoms with Crippen LogP contribution < -0.4 is 0 Å². The smallest absolute Gasteiger partial charge is 0.111 e. The molecule has 10 heteroatoms. The molecule has 2 heterocycles. The third-order valence-electron chi connectivity index (χ3n) is 5.49. The first-order valence-electron chi connectivity index (χ1n) is 10.2. The number of aliphatic hydroxyl groups is 8. The van der Waals surface area contributed by atoms with Crippen molar-refractivity contribution < 1.29 is 50.3 Å². The highest BCUT2D eigenvalue weighted by Gasteiger charge is 2.48. The summed E-state index contributed by atoms with van der Waals surface area (Å²) in [4.78, 5) is 0. The fraction of sp³-hybridized carbons (Fsp3) is 1.00. The third kappa shape index (κ3) is 6.32. The van der Waals surface area contributed by atoms with Crippen LogP contribution in [0.15, 0.2) is 0 Å². The van der Waals surface area contributed by atoms with E-state index in [9.17, 15) is 30.6 Å². The summed E-state index contributed by atoms with van der Waals surface area (Å²) in [6.45, 7) is 10.4. The summed E-state index contributed by atoms with van der Waals surface area (Å²) in [7, 11) is 0. The molecule has 0 aromatic heterocycles. The van der Waals surface area contributed by atoms with Crippen LogP contribution in [-0.2, 0) is 9.47 Å². The summed E-state index contributed by atoms with van der Waals surface area (Å²) in [6.07, 6.45) is -10.2. The van der Waals surface area contributed by atoms with E-state index in [1.165, 1.54) is 0 Å². The lowest BCUT2D eigenvalue weighted by Gasteiger charge is -2.45. The first-order valence-corrected chi connectivity index (χ1v) is 10.2. The van der Waals surface area contributed by atoms with Gasteiger partial charge in [-0.2, -0.15) is 0 Å². The van der Waals surface area contributed by atoms with Gasteiger partial charge in [0.1, 0.15) is 48.8 Å². The highest BCUT2D eigenvalue weighted by Crippen LogP contribution is 2.33. The fourth-order valence-electron chi connectivity index (χ4n) is 3.64. The van der Waals surface area contributed by atoms with E-state index in [0.29, 0.717) is 0 Å². The maximum Gasteiger partial charge on any atom is 0.111 e. The summed E-state index contributed by atoms with van der Waals surface area (Å²) >= 11 is 0. The van der Waals surface area contributed by atoms with Gasteiger partial charge >= 0.3 is 0 Å². The summed E-state index contributed by atoms with van der Waals surface area (Å²) in [5, 5.41) is 75.6. The lowest BCUT2D eigenvalue weighted by Crippen LogP contribution is -2.61. The van der Waals surface area contributed by atoms with E-state index in [0.717, 1.165) is 0 Å². The van der Waals surface area contributed by atoms with Crippen LogP contribution in [0.2, 0.25) is 0 Å². The predicted molar refractivity (Wildman–Crippen MR) is 106 cm³/mol. The number of ether oxygens (including phenoxy) is 2. The van der Waals surface area contributed by atoms with Gasteiger partial charge in [-0.25, -0.2) is 0 Å². The second kappa shape index (κ2) is 10.5. The lowest BCUT2D eigenvalue weighted by atomic mass is 9.80. The van der Waals surface area contributed by atoms with Gasteiger partial charge in [0, 0.05) is 0 Å². The van der Waals surface area contributed by atoms with Gasteiger partial charge in [-0.15, -0.1) is 0 Å². The SMILES string of the molecule is CC(C)(C)C1OC(CO)[C@H](O)C(O)[C@@H]1O.CC(C)(C)C1OC(CO)[C@H](O)C(O)[C@@H]1O. The van der Waals surface area contributed by atoms with Crippen molar-refractivity contribution in [2.24, 2.45) is 10.8 Å². The molecule has 8 N–H and O–H groups in total. The molecule has 0 spiro atoms. The van der Waals surface area contributed by atoms with Crippen molar-refractivity contribution in [3.05, 3.63) is 0 Å². The van der Waals surface area contributed by atoms with Crippen LogP contribution in [0.5, 0.6) is 0 Å². The monoisotopic (exact) mass is 440 g/mol. The maximum atomic E-state index is 9.74. The molecule has 10 nitrogen and oxygen atoms in total. The Hall–Kier alpha value is -0.400. The molecule has 0 aliphatic carbocycles. The minimum absolute atomic E-state index is 0.367. The molecule has 180 valence electrons. The number of hydrogen-bond acceptors (Lipinski definition) is 10. The molecule has 10 atom stereocenters. The van der Waals surface area contributed by atoms with Crippen molar-refractivity contribution in [3.8, 4) is 0 Å². The highest BCUT2D eigenvalue weighted by atomic mass is 16.6. The Morgan fingerprint density at radius 3 is 0.967 bits per heavy atom. The Labute approximate surface area is 177 Å². The van der Waals surface area contributed by atoms with Crippen LogP contribution in [0.25, 0.3) is 0 Å². The van der Waals surface area contributed by atoms with Gasteiger partial charge in [-0.3, -0.25) is 0 Å². The average molecular weight is 441 g/mol. The number of aliphatic hydroxyl groups excluding tert-OH is 8. The third-order valence-corrected chi connectivity index (χ3v) is 5.49. The quantitative estimate of drug-likeness (QED) is 0.234. The van der Waals surface area contributed by atoms with E-state index in [2.05, 4.69) is 0 Å². The Bertz CT molecular complexity index is 467. The van der Waals surface area contributed by atoms with E-state index < -0.39 is 61.0 Å². The van der Waals surface area contributed by atoms with E-state index in [-0.39, 0.29) is 24.0 Å². The zero-order chi connectivity index (χ0) is 23.6. The average Bonchev–Trinajstić information content (AvgIpc) is 2.63. The molecule has 2 aliphatic rings. The van der Waals surface area contributed by atoms with Gasteiger partial charge in [0.05, 0.1) is 25.4 Å². The van der Waals surface area contributed by atoms with E-state index in [1.807, 2.05) is 41.5 Å². The van der Waals surface area contributed by atoms with Crippen LogP contribution in [0, 0.1) is 10.8 Å². The normalized spacial score (nSPS) is 43.0. The molecule has 2 saturated heterocycles. The first kappa shape index (κ1) is 27.6. The van der Waals surface area contributed by atoms with Crippen molar-refractivity contribution in [2.45, 2.75) is 103 Å². The lowest BCUT2D eigenvalue weighted by molar-refractivity contribution is -0.250. The van der Waals surface area contributed by atoms with Crippen molar-refractivity contribution in [1.82, 2.24) is 0 Å². The molecule has 0 radical (unpaired) electrons. The molecular weight excluding hydrogens is 400 g/mol. The van der Waals surface area contributed by atoms with Gasteiger partial charge in [-0.1, -0.05) is 41.5 Å². The minimum Gasteiger partial charge on any atom is -0.394 e. The Kier molecular flexibility index (Phi) is 9.65. The second-order valence-electron chi connectivity index (χ2n) is 10.2. The minimum atomic E-state index is -1.28. The maximum absolute atomic E-state index is 9.74. The van der Waals surface area contributed by atoms with Gasteiger partial charge in [-0.05, 0) is 10.8 Å². The molecule has 0 aromatic rings. The van der Waals surface area contributed by atoms with Crippen LogP contribution >= 0.6 is 0 Å². The fourth-order valence-corrected chi connectivity index (χ4v) is 3.64. The highest BCUT2D eigenvalue weighted by molar-refractivity contribution is 4.97. The molecule has 0 bridgehead atoms. The Balaban J connectivity index is 0.000000300. The van der Waals surface area contributed by atoms with Crippen LogP contribution in [-0.4, -0.2) is 115 Å². The zero-order valence-electron chi connectivity index (χ0n) is 18.6. The van der Waals surface area contributed by atoms with E-state index in [1.54, 1.807) is 0 Å². The van der Waals surface area contributed by atoms with E-state index >= 15 is 0 Å². The van der Waals surface area contributed by atoms with Crippen molar-refractivity contribution in [3.63, 3.8) is 0 Å². The van der Waals surface area contributed by atoms with Crippen molar-refractivity contribution >= 4 is 0 Å². The molecule has 2 aliphatic heterocycles. The van der Waals surface area contributed by atoms with Gasteiger partial charge in [0.25, 0.3) is 0 Å². The van der Waals surface area contributed by atoms with Crippen molar-refractivity contribution in [1.29, 1.82) is 0 Å². The topological polar surface area (TPSA) is 180 Å². The summed E-state index contributed by atoms with van der Waals surface area (Å²) < 4.78 is 10.8. The molecule has 30 heavy (non-hydrogen) atoms.